The molecule has 1 nitrogen and oxygen atoms in total. The van der Waals surface area contributed by atoms with Gasteiger partial charge in [-0.1, -0.05) is 53.5 Å². The lowest BCUT2D eigenvalue weighted by Gasteiger charge is -2.67. The van der Waals surface area contributed by atoms with Crippen molar-refractivity contribution >= 4 is 0 Å². The van der Waals surface area contributed by atoms with Gasteiger partial charge < -0.3 is 5.11 Å². The van der Waals surface area contributed by atoms with E-state index in [2.05, 4.69) is 55.0 Å². The van der Waals surface area contributed by atoms with Crippen molar-refractivity contribution in [3.8, 4) is 0 Å². The lowest BCUT2D eigenvalue weighted by atomic mass is 9.38. The average Bonchev–Trinajstić information content (AvgIpc) is 2.96. The van der Waals surface area contributed by atoms with E-state index in [1.165, 1.54) is 69.8 Å². The van der Waals surface area contributed by atoms with Crippen molar-refractivity contribution in [3.63, 3.8) is 0 Å². The largest absolute Gasteiger partial charge is 0.393 e. The Morgan fingerprint density at radius 1 is 0.903 bits per heavy atom. The number of allylic oxidation sites excluding steroid dienone is 1. The number of hydrogen-bond donors (Lipinski definition) is 1. The molecular formula is C30H52O. The predicted octanol–water partition coefficient (Wildman–Crippen LogP) is 8.41. The summed E-state index contributed by atoms with van der Waals surface area (Å²) in [6, 6.07) is 0. The summed E-state index contributed by atoms with van der Waals surface area (Å²) in [6.07, 6.45) is 14.6. The summed E-state index contributed by atoms with van der Waals surface area (Å²) in [6.45, 7) is 21.7. The Balaban J connectivity index is 1.56. The van der Waals surface area contributed by atoms with E-state index in [1.54, 1.807) is 0 Å². The number of hydrogen-bond acceptors (Lipinski definition) is 1. The van der Waals surface area contributed by atoms with E-state index in [0.29, 0.717) is 22.2 Å². The number of aliphatic hydroxyl groups excluding tert-OH is 1. The summed E-state index contributed by atoms with van der Waals surface area (Å²) in [4.78, 5) is 0. The van der Waals surface area contributed by atoms with Crippen molar-refractivity contribution in [1.29, 1.82) is 0 Å². The first-order chi connectivity index (χ1) is 14.4. The molecule has 0 saturated heterocycles. The van der Waals surface area contributed by atoms with Crippen LogP contribution < -0.4 is 0 Å². The SMILES string of the molecule is C=C(C)CCC[C@@H](C)[C@@H]1CC[C@]2(C)[C@@H]3CC[C@H]4C(C)(C)[C@@H](O)CC[C@]4(C)[C@H]3CC[C@@]12C. The third-order valence-electron chi connectivity index (χ3n) is 12.4. The number of fused-ring (bicyclic) bond motifs is 5. The molecule has 0 aliphatic heterocycles. The first-order valence-corrected chi connectivity index (χ1v) is 13.7. The highest BCUT2D eigenvalue weighted by molar-refractivity contribution is 5.16. The third-order valence-corrected chi connectivity index (χ3v) is 12.4. The smallest absolute Gasteiger partial charge is 0.0594 e. The van der Waals surface area contributed by atoms with Crippen molar-refractivity contribution in [1.82, 2.24) is 0 Å². The molecule has 0 aromatic rings. The summed E-state index contributed by atoms with van der Waals surface area (Å²) >= 11 is 0. The minimum atomic E-state index is -0.109. The highest BCUT2D eigenvalue weighted by atomic mass is 16.3. The molecule has 0 unspecified atom stereocenters. The molecule has 31 heavy (non-hydrogen) atoms. The molecule has 0 radical (unpaired) electrons. The Morgan fingerprint density at radius 3 is 2.26 bits per heavy atom. The highest BCUT2D eigenvalue weighted by Crippen LogP contribution is 2.74. The molecule has 0 aromatic heterocycles. The Bertz CT molecular complexity index is 693. The molecule has 0 spiro atoms. The summed E-state index contributed by atoms with van der Waals surface area (Å²) in [5.41, 5.74) is 2.89. The minimum Gasteiger partial charge on any atom is -0.393 e. The van der Waals surface area contributed by atoms with Crippen LogP contribution in [0.2, 0.25) is 0 Å². The monoisotopic (exact) mass is 428 g/mol. The van der Waals surface area contributed by atoms with Crippen molar-refractivity contribution in [2.75, 3.05) is 0 Å². The maximum Gasteiger partial charge on any atom is 0.0594 e. The van der Waals surface area contributed by atoms with Gasteiger partial charge in [0.15, 0.2) is 0 Å². The van der Waals surface area contributed by atoms with Crippen molar-refractivity contribution in [2.45, 2.75) is 125 Å². The lowest BCUT2D eigenvalue weighted by Crippen LogP contribution is -2.61. The Morgan fingerprint density at radius 2 is 1.58 bits per heavy atom. The van der Waals surface area contributed by atoms with E-state index < -0.39 is 0 Å². The molecule has 178 valence electrons. The van der Waals surface area contributed by atoms with Crippen LogP contribution in [0.25, 0.3) is 0 Å². The van der Waals surface area contributed by atoms with Gasteiger partial charge in [-0.05, 0) is 122 Å². The van der Waals surface area contributed by atoms with Crippen LogP contribution in [0.4, 0.5) is 0 Å². The van der Waals surface area contributed by atoms with Crippen molar-refractivity contribution < 1.29 is 5.11 Å². The molecule has 4 aliphatic carbocycles. The van der Waals surface area contributed by atoms with Crippen LogP contribution in [0, 0.1) is 51.2 Å². The zero-order valence-corrected chi connectivity index (χ0v) is 21.9. The van der Waals surface area contributed by atoms with Crippen molar-refractivity contribution in [3.05, 3.63) is 12.2 Å². The van der Waals surface area contributed by atoms with Crippen LogP contribution in [-0.4, -0.2) is 11.2 Å². The lowest BCUT2D eigenvalue weighted by molar-refractivity contribution is -0.200. The summed E-state index contributed by atoms with van der Waals surface area (Å²) < 4.78 is 0. The molecular weight excluding hydrogens is 376 g/mol. The van der Waals surface area contributed by atoms with Gasteiger partial charge in [-0.25, -0.2) is 0 Å². The maximum atomic E-state index is 10.8. The van der Waals surface area contributed by atoms with E-state index in [-0.39, 0.29) is 11.5 Å². The molecule has 1 heteroatoms. The van der Waals surface area contributed by atoms with E-state index in [1.807, 2.05) is 0 Å². The summed E-state index contributed by atoms with van der Waals surface area (Å²) in [5.74, 6) is 4.20. The van der Waals surface area contributed by atoms with Gasteiger partial charge in [0, 0.05) is 0 Å². The molecule has 9 atom stereocenters. The minimum absolute atomic E-state index is 0.0790. The van der Waals surface area contributed by atoms with E-state index in [4.69, 9.17) is 0 Å². The molecule has 1 N–H and O–H groups in total. The molecule has 0 aromatic carbocycles. The van der Waals surface area contributed by atoms with E-state index in [9.17, 15) is 5.11 Å². The Kier molecular flexibility index (Phi) is 6.07. The first kappa shape index (κ1) is 23.8. The van der Waals surface area contributed by atoms with Gasteiger partial charge in [-0.2, -0.15) is 0 Å². The molecule has 4 saturated carbocycles. The second kappa shape index (κ2) is 7.89. The van der Waals surface area contributed by atoms with Gasteiger partial charge >= 0.3 is 0 Å². The number of aliphatic hydroxyl groups is 1. The summed E-state index contributed by atoms with van der Waals surface area (Å²) in [5, 5.41) is 10.8. The second-order valence-corrected chi connectivity index (χ2v) is 14.1. The zero-order chi connectivity index (χ0) is 22.8. The van der Waals surface area contributed by atoms with Gasteiger partial charge in [0.1, 0.15) is 0 Å². The number of rotatable bonds is 5. The standard InChI is InChI=1S/C30H52O/c1-20(2)10-9-11-21(3)22-14-18-30(8)24-12-13-25-27(4,5)26(31)16-17-28(25,6)23(24)15-19-29(22,30)7/h21-26,31H,1,9-19H2,2-8H3/t21-,22+,23+,24-,25+,26+,28-,29+,30-/m1/s1. The quantitative estimate of drug-likeness (QED) is 0.436. The van der Waals surface area contributed by atoms with Gasteiger partial charge in [0.25, 0.3) is 0 Å². The third kappa shape index (κ3) is 3.41. The van der Waals surface area contributed by atoms with Crippen LogP contribution >= 0.6 is 0 Å². The molecule has 4 fully saturated rings. The summed E-state index contributed by atoms with van der Waals surface area (Å²) in [7, 11) is 0. The first-order valence-electron chi connectivity index (χ1n) is 13.7. The van der Waals surface area contributed by atoms with Crippen LogP contribution in [0.1, 0.15) is 119 Å². The van der Waals surface area contributed by atoms with Gasteiger partial charge in [0.2, 0.25) is 0 Å². The maximum absolute atomic E-state index is 10.8. The highest BCUT2D eigenvalue weighted by Gasteiger charge is 2.67. The normalized spacial score (nSPS) is 49.6. The van der Waals surface area contributed by atoms with E-state index >= 15 is 0 Å². The van der Waals surface area contributed by atoms with Gasteiger partial charge in [-0.15, -0.1) is 6.58 Å². The van der Waals surface area contributed by atoms with Crippen LogP contribution in [0.15, 0.2) is 12.2 Å². The van der Waals surface area contributed by atoms with Crippen LogP contribution in [0.3, 0.4) is 0 Å². The fourth-order valence-corrected chi connectivity index (χ4v) is 10.4. The van der Waals surface area contributed by atoms with Crippen LogP contribution in [0.5, 0.6) is 0 Å². The Labute approximate surface area is 193 Å². The molecule has 0 heterocycles. The molecule has 4 aliphatic rings. The van der Waals surface area contributed by atoms with Gasteiger partial charge in [-0.3, -0.25) is 0 Å². The molecule has 0 bridgehead atoms. The van der Waals surface area contributed by atoms with E-state index in [0.717, 1.165) is 30.1 Å². The second-order valence-electron chi connectivity index (χ2n) is 14.1. The van der Waals surface area contributed by atoms with Crippen molar-refractivity contribution in [2.24, 2.45) is 51.2 Å². The fourth-order valence-electron chi connectivity index (χ4n) is 10.4. The Hall–Kier alpha value is -0.300. The van der Waals surface area contributed by atoms with Gasteiger partial charge in [0.05, 0.1) is 6.10 Å². The average molecular weight is 429 g/mol. The molecule has 4 rings (SSSR count). The zero-order valence-electron chi connectivity index (χ0n) is 21.9. The van der Waals surface area contributed by atoms with Crippen LogP contribution in [-0.2, 0) is 0 Å². The molecule has 0 amide bonds. The predicted molar refractivity (Wildman–Crippen MR) is 133 cm³/mol. The fraction of sp³-hybridized carbons (Fsp3) is 0.933. The topological polar surface area (TPSA) is 20.2 Å².